The molecule has 0 saturated carbocycles. The first kappa shape index (κ1) is 20.7. The maximum Gasteiger partial charge on any atom is 0.287 e. The Morgan fingerprint density at radius 1 is 0.967 bits per heavy atom. The predicted molar refractivity (Wildman–Crippen MR) is 110 cm³/mol. The minimum Gasteiger partial charge on any atom is -0.459 e. The number of pyridine rings is 1. The fourth-order valence-electron chi connectivity index (χ4n) is 2.58. The number of hydrogen-bond donors (Lipinski definition) is 4. The molecule has 1 atom stereocenters. The van der Waals surface area contributed by atoms with Crippen LogP contribution in [0.25, 0.3) is 0 Å². The molecule has 0 bridgehead atoms. The molecular weight excluding hydrogens is 386 g/mol. The molecule has 0 aliphatic heterocycles. The summed E-state index contributed by atoms with van der Waals surface area (Å²) >= 11 is 0. The van der Waals surface area contributed by atoms with Gasteiger partial charge >= 0.3 is 0 Å². The molecule has 3 rings (SSSR count). The standard InChI is InChI=1S/C21H21N5O4/c22-17(12-24-19(27)13-25-21(29)18-2-1-11-30-18)14-3-5-15(6-4-14)20(28)26-16-7-9-23-10-8-16/h1-11,17H,12-13,22H2,(H,24,27)(H,25,29)(H,23,26,28). The molecule has 5 N–H and O–H groups in total. The molecule has 0 fully saturated rings. The Hall–Kier alpha value is -3.98. The number of carbonyl (C=O) groups excluding carboxylic acids is 3. The fraction of sp³-hybridized carbons (Fsp3) is 0.143. The van der Waals surface area contributed by atoms with Gasteiger partial charge in [-0.25, -0.2) is 0 Å². The Balaban J connectivity index is 1.45. The molecule has 2 heterocycles. The monoisotopic (exact) mass is 407 g/mol. The minimum absolute atomic E-state index is 0.132. The number of carbonyl (C=O) groups is 3. The van der Waals surface area contributed by atoms with Crippen molar-refractivity contribution < 1.29 is 18.8 Å². The summed E-state index contributed by atoms with van der Waals surface area (Å²) in [6.45, 7) is -0.0155. The van der Waals surface area contributed by atoms with Crippen molar-refractivity contribution in [2.45, 2.75) is 6.04 Å². The Morgan fingerprint density at radius 2 is 1.70 bits per heavy atom. The molecule has 154 valence electrons. The Bertz CT molecular complexity index is 988. The molecule has 3 aromatic rings. The largest absolute Gasteiger partial charge is 0.459 e. The van der Waals surface area contributed by atoms with Gasteiger partial charge in [-0.1, -0.05) is 12.1 Å². The van der Waals surface area contributed by atoms with Gasteiger partial charge in [0.1, 0.15) is 0 Å². The first-order valence-electron chi connectivity index (χ1n) is 9.18. The van der Waals surface area contributed by atoms with Crippen LogP contribution >= 0.6 is 0 Å². The van der Waals surface area contributed by atoms with Gasteiger partial charge in [-0.15, -0.1) is 0 Å². The van der Waals surface area contributed by atoms with E-state index in [0.29, 0.717) is 11.3 Å². The van der Waals surface area contributed by atoms with Gasteiger partial charge in [0.05, 0.1) is 12.8 Å². The number of aromatic nitrogens is 1. The van der Waals surface area contributed by atoms with Crippen LogP contribution < -0.4 is 21.7 Å². The number of rotatable bonds is 8. The highest BCUT2D eigenvalue weighted by Crippen LogP contribution is 2.13. The summed E-state index contributed by atoms with van der Waals surface area (Å²) in [6.07, 6.45) is 4.56. The summed E-state index contributed by atoms with van der Waals surface area (Å²) < 4.78 is 4.95. The quantitative estimate of drug-likeness (QED) is 0.446. The van der Waals surface area contributed by atoms with Crippen molar-refractivity contribution in [3.63, 3.8) is 0 Å². The summed E-state index contributed by atoms with van der Waals surface area (Å²) in [7, 11) is 0. The number of nitrogens with one attached hydrogen (secondary N) is 3. The van der Waals surface area contributed by atoms with E-state index in [-0.39, 0.29) is 30.7 Å². The van der Waals surface area contributed by atoms with Gasteiger partial charge in [0, 0.05) is 36.2 Å². The van der Waals surface area contributed by atoms with E-state index < -0.39 is 11.9 Å². The first-order chi connectivity index (χ1) is 14.5. The number of nitrogens with zero attached hydrogens (tertiary/aromatic N) is 1. The lowest BCUT2D eigenvalue weighted by Crippen LogP contribution is -2.39. The SMILES string of the molecule is NC(CNC(=O)CNC(=O)c1ccco1)c1ccc(C(=O)Nc2ccncc2)cc1. The molecule has 9 heteroatoms. The molecule has 3 amide bonds. The van der Waals surface area contributed by atoms with Gasteiger partial charge in [0.25, 0.3) is 11.8 Å². The average Bonchev–Trinajstić information content (AvgIpc) is 3.31. The molecular formula is C21H21N5O4. The summed E-state index contributed by atoms with van der Waals surface area (Å²) in [5.41, 5.74) is 7.99. The van der Waals surface area contributed by atoms with Crippen LogP contribution in [0.4, 0.5) is 5.69 Å². The Kier molecular flexibility index (Phi) is 6.91. The molecule has 0 spiro atoms. The van der Waals surface area contributed by atoms with Crippen molar-refractivity contribution in [3.8, 4) is 0 Å². The average molecular weight is 407 g/mol. The van der Waals surface area contributed by atoms with Crippen molar-refractivity contribution in [2.75, 3.05) is 18.4 Å². The number of anilines is 1. The van der Waals surface area contributed by atoms with E-state index in [2.05, 4.69) is 20.9 Å². The maximum absolute atomic E-state index is 12.3. The van der Waals surface area contributed by atoms with Crippen LogP contribution in [-0.2, 0) is 4.79 Å². The van der Waals surface area contributed by atoms with E-state index in [1.54, 1.807) is 54.9 Å². The fourth-order valence-corrected chi connectivity index (χ4v) is 2.58. The lowest BCUT2D eigenvalue weighted by Gasteiger charge is -2.14. The topological polar surface area (TPSA) is 139 Å². The van der Waals surface area contributed by atoms with Crippen molar-refractivity contribution in [2.24, 2.45) is 5.73 Å². The third-order valence-corrected chi connectivity index (χ3v) is 4.21. The number of hydrogen-bond acceptors (Lipinski definition) is 6. The van der Waals surface area contributed by atoms with Gasteiger partial charge in [0.2, 0.25) is 5.91 Å². The van der Waals surface area contributed by atoms with Crippen LogP contribution in [0.15, 0.2) is 71.6 Å². The zero-order valence-electron chi connectivity index (χ0n) is 16.0. The van der Waals surface area contributed by atoms with Crippen molar-refractivity contribution in [3.05, 3.63) is 84.1 Å². The summed E-state index contributed by atoms with van der Waals surface area (Å²) in [5, 5.41) is 7.88. The number of benzene rings is 1. The third-order valence-electron chi connectivity index (χ3n) is 4.21. The van der Waals surface area contributed by atoms with E-state index in [1.165, 1.54) is 12.3 Å². The van der Waals surface area contributed by atoms with Gasteiger partial charge in [-0.2, -0.15) is 0 Å². The van der Waals surface area contributed by atoms with Gasteiger partial charge in [0.15, 0.2) is 5.76 Å². The molecule has 30 heavy (non-hydrogen) atoms. The van der Waals surface area contributed by atoms with E-state index in [4.69, 9.17) is 10.2 Å². The van der Waals surface area contributed by atoms with Crippen molar-refractivity contribution in [1.82, 2.24) is 15.6 Å². The zero-order valence-corrected chi connectivity index (χ0v) is 16.0. The van der Waals surface area contributed by atoms with Crippen LogP contribution in [0.2, 0.25) is 0 Å². The smallest absolute Gasteiger partial charge is 0.287 e. The van der Waals surface area contributed by atoms with E-state index in [9.17, 15) is 14.4 Å². The number of nitrogens with two attached hydrogens (primary N) is 1. The first-order valence-corrected chi connectivity index (χ1v) is 9.18. The van der Waals surface area contributed by atoms with Gasteiger partial charge in [-0.05, 0) is 42.0 Å². The van der Waals surface area contributed by atoms with Crippen LogP contribution in [-0.4, -0.2) is 35.8 Å². The predicted octanol–water partition coefficient (Wildman–Crippen LogP) is 1.47. The number of amides is 3. The highest BCUT2D eigenvalue weighted by molar-refractivity contribution is 6.04. The minimum atomic E-state index is -0.472. The van der Waals surface area contributed by atoms with Gasteiger partial charge in [-0.3, -0.25) is 19.4 Å². The Morgan fingerprint density at radius 3 is 2.37 bits per heavy atom. The second-order valence-electron chi connectivity index (χ2n) is 6.38. The van der Waals surface area contributed by atoms with Crippen LogP contribution in [0, 0.1) is 0 Å². The number of furan rings is 1. The lowest BCUT2D eigenvalue weighted by atomic mass is 10.0. The lowest BCUT2D eigenvalue weighted by molar-refractivity contribution is -0.120. The van der Waals surface area contributed by atoms with E-state index in [1.807, 2.05) is 0 Å². The molecule has 9 nitrogen and oxygen atoms in total. The second-order valence-corrected chi connectivity index (χ2v) is 6.38. The third kappa shape index (κ3) is 5.76. The van der Waals surface area contributed by atoms with Crippen LogP contribution in [0.5, 0.6) is 0 Å². The molecule has 1 aromatic carbocycles. The summed E-state index contributed by atoms with van der Waals surface area (Å²) in [4.78, 5) is 39.8. The molecule has 1 unspecified atom stereocenters. The normalized spacial score (nSPS) is 11.4. The highest BCUT2D eigenvalue weighted by Gasteiger charge is 2.13. The molecule has 0 radical (unpaired) electrons. The molecule has 2 aromatic heterocycles. The van der Waals surface area contributed by atoms with Gasteiger partial charge < -0.3 is 26.1 Å². The molecule has 0 aliphatic rings. The van der Waals surface area contributed by atoms with Crippen LogP contribution in [0.3, 0.4) is 0 Å². The van der Waals surface area contributed by atoms with Crippen LogP contribution in [0.1, 0.15) is 32.5 Å². The maximum atomic E-state index is 12.3. The Labute approximate surface area is 172 Å². The highest BCUT2D eigenvalue weighted by atomic mass is 16.3. The van der Waals surface area contributed by atoms with E-state index in [0.717, 1.165) is 5.56 Å². The summed E-state index contributed by atoms with van der Waals surface area (Å²) in [6, 6.07) is 12.8. The molecule has 0 aliphatic carbocycles. The summed E-state index contributed by atoms with van der Waals surface area (Å²) in [5.74, 6) is -0.965. The molecule has 0 saturated heterocycles. The van der Waals surface area contributed by atoms with E-state index >= 15 is 0 Å². The zero-order chi connectivity index (χ0) is 21.3. The van der Waals surface area contributed by atoms with Crippen molar-refractivity contribution in [1.29, 1.82) is 0 Å². The second kappa shape index (κ2) is 9.99. The van der Waals surface area contributed by atoms with Crippen molar-refractivity contribution >= 4 is 23.4 Å².